The molecule has 3 aromatic rings. The van der Waals surface area contributed by atoms with Gasteiger partial charge < -0.3 is 9.47 Å². The first-order valence-electron chi connectivity index (χ1n) is 9.18. The molecule has 0 saturated heterocycles. The molecule has 0 bridgehead atoms. The van der Waals surface area contributed by atoms with E-state index in [9.17, 15) is 8.42 Å². The van der Waals surface area contributed by atoms with Crippen molar-refractivity contribution >= 4 is 21.9 Å². The zero-order valence-corrected chi connectivity index (χ0v) is 17.2. The Kier molecular flexibility index (Phi) is 5.29. The zero-order valence-electron chi connectivity index (χ0n) is 16.4. The Bertz CT molecular complexity index is 1230. The van der Waals surface area contributed by atoms with Crippen LogP contribution < -0.4 is 9.47 Å². The molecule has 0 unspecified atom stereocenters. The predicted octanol–water partition coefficient (Wildman–Crippen LogP) is 4.55. The van der Waals surface area contributed by atoms with Crippen LogP contribution in [0.25, 0.3) is 6.08 Å². The normalized spacial score (nSPS) is 15.7. The minimum absolute atomic E-state index is 0.0327. The summed E-state index contributed by atoms with van der Waals surface area (Å²) in [4.78, 5) is 0.0327. The number of hydrogen-bond acceptors (Lipinski definition) is 6. The van der Waals surface area contributed by atoms with E-state index in [1.807, 2.05) is 43.3 Å². The standard InChI is InChI=1S/C23H19NO5S/c1-16-7-13-19(14-8-16)30(25,26)29-24-23-20-5-3-4-6-21(20)28-22(23)15-17-9-11-18(27-2)12-10-17/h3-15H,1-2H3/b22-15+,24-23+. The third-order valence-corrected chi connectivity index (χ3v) is 5.67. The van der Waals surface area contributed by atoms with Gasteiger partial charge in [-0.15, -0.1) is 0 Å². The fraction of sp³-hybridized carbons (Fsp3) is 0.0870. The Hall–Kier alpha value is -3.58. The van der Waals surface area contributed by atoms with Gasteiger partial charge in [-0.25, -0.2) is 0 Å². The second-order valence-corrected chi connectivity index (χ2v) is 8.19. The summed E-state index contributed by atoms with van der Waals surface area (Å²) in [6, 6.07) is 21.0. The molecule has 1 heterocycles. The van der Waals surface area contributed by atoms with E-state index < -0.39 is 10.1 Å². The number of ether oxygens (including phenoxy) is 2. The monoisotopic (exact) mass is 421 g/mol. The predicted molar refractivity (Wildman–Crippen MR) is 114 cm³/mol. The van der Waals surface area contributed by atoms with Crippen molar-refractivity contribution in [3.05, 3.63) is 95.2 Å². The van der Waals surface area contributed by atoms with Gasteiger partial charge in [0.2, 0.25) is 0 Å². The van der Waals surface area contributed by atoms with E-state index in [1.165, 1.54) is 12.1 Å². The number of nitrogens with zero attached hydrogens (tertiary/aromatic N) is 1. The summed E-state index contributed by atoms with van der Waals surface area (Å²) < 4.78 is 41.2. The molecule has 4 rings (SSSR count). The van der Waals surface area contributed by atoms with Gasteiger partial charge in [-0.1, -0.05) is 47.1 Å². The Morgan fingerprint density at radius 2 is 1.63 bits per heavy atom. The van der Waals surface area contributed by atoms with E-state index in [1.54, 1.807) is 37.5 Å². The fourth-order valence-corrected chi connectivity index (χ4v) is 3.66. The van der Waals surface area contributed by atoms with Gasteiger partial charge in [-0.3, -0.25) is 4.28 Å². The van der Waals surface area contributed by atoms with Crippen LogP contribution >= 0.6 is 0 Å². The summed E-state index contributed by atoms with van der Waals surface area (Å²) in [5.41, 5.74) is 2.74. The first kappa shape index (κ1) is 19.7. The average Bonchev–Trinajstić information content (AvgIpc) is 3.10. The first-order valence-corrected chi connectivity index (χ1v) is 10.6. The summed E-state index contributed by atoms with van der Waals surface area (Å²) in [5, 5.41) is 3.96. The third kappa shape index (κ3) is 4.06. The smallest absolute Gasteiger partial charge is 0.358 e. The third-order valence-electron chi connectivity index (χ3n) is 4.55. The lowest BCUT2D eigenvalue weighted by Gasteiger charge is -2.04. The lowest BCUT2D eigenvalue weighted by Crippen LogP contribution is -2.07. The zero-order chi connectivity index (χ0) is 21.1. The van der Waals surface area contributed by atoms with Crippen molar-refractivity contribution in [3.8, 4) is 11.5 Å². The molecule has 152 valence electrons. The van der Waals surface area contributed by atoms with Crippen LogP contribution in [0.1, 0.15) is 16.7 Å². The van der Waals surface area contributed by atoms with Gasteiger partial charge in [0.05, 0.1) is 12.7 Å². The molecule has 1 aliphatic rings. The summed E-state index contributed by atoms with van der Waals surface area (Å²) >= 11 is 0. The molecule has 0 spiro atoms. The molecule has 0 N–H and O–H groups in total. The van der Waals surface area contributed by atoms with Gasteiger partial charge in [-0.2, -0.15) is 8.42 Å². The number of oxime groups is 1. The maximum Gasteiger partial charge on any atom is 0.358 e. The molecule has 0 fully saturated rings. The number of methoxy groups -OCH3 is 1. The summed E-state index contributed by atoms with van der Waals surface area (Å²) in [6.45, 7) is 1.88. The van der Waals surface area contributed by atoms with Crippen LogP contribution in [0.3, 0.4) is 0 Å². The van der Waals surface area contributed by atoms with Gasteiger partial charge in [0.1, 0.15) is 16.4 Å². The minimum Gasteiger partial charge on any atom is -0.497 e. The molecular weight excluding hydrogens is 402 g/mol. The number of benzene rings is 3. The Labute approximate surface area is 175 Å². The van der Waals surface area contributed by atoms with Crippen LogP contribution in [-0.4, -0.2) is 21.2 Å². The van der Waals surface area contributed by atoms with E-state index in [4.69, 9.17) is 13.8 Å². The van der Waals surface area contributed by atoms with Crippen molar-refractivity contribution in [2.45, 2.75) is 11.8 Å². The summed E-state index contributed by atoms with van der Waals surface area (Å²) in [5.74, 6) is 1.70. The highest BCUT2D eigenvalue weighted by Crippen LogP contribution is 2.33. The maximum absolute atomic E-state index is 12.5. The van der Waals surface area contributed by atoms with Crippen LogP contribution in [-0.2, 0) is 14.4 Å². The van der Waals surface area contributed by atoms with Crippen molar-refractivity contribution in [3.63, 3.8) is 0 Å². The van der Waals surface area contributed by atoms with Crippen LogP contribution in [0.2, 0.25) is 0 Å². The van der Waals surface area contributed by atoms with Gasteiger partial charge in [0, 0.05) is 0 Å². The molecule has 6 nitrogen and oxygen atoms in total. The van der Waals surface area contributed by atoms with Crippen LogP contribution in [0.15, 0.2) is 88.6 Å². The Balaban J connectivity index is 1.69. The number of hydrogen-bond donors (Lipinski definition) is 0. The highest BCUT2D eigenvalue weighted by Gasteiger charge is 2.27. The maximum atomic E-state index is 12.5. The summed E-state index contributed by atoms with van der Waals surface area (Å²) in [6.07, 6.45) is 1.76. The number of fused-ring (bicyclic) bond motifs is 1. The van der Waals surface area contributed by atoms with Gasteiger partial charge >= 0.3 is 10.1 Å². The van der Waals surface area contributed by atoms with Crippen molar-refractivity contribution in [2.75, 3.05) is 7.11 Å². The molecule has 0 aliphatic carbocycles. The van der Waals surface area contributed by atoms with Crippen molar-refractivity contribution in [1.29, 1.82) is 0 Å². The summed E-state index contributed by atoms with van der Waals surface area (Å²) in [7, 11) is -2.46. The lowest BCUT2D eigenvalue weighted by molar-refractivity contribution is 0.338. The molecule has 0 atom stereocenters. The van der Waals surface area contributed by atoms with Crippen LogP contribution in [0.4, 0.5) is 0 Å². The second-order valence-electron chi connectivity index (χ2n) is 6.66. The number of allylic oxidation sites excluding steroid dienone is 1. The van der Waals surface area contributed by atoms with Crippen molar-refractivity contribution in [1.82, 2.24) is 0 Å². The highest BCUT2D eigenvalue weighted by molar-refractivity contribution is 7.86. The molecule has 0 aromatic heterocycles. The number of aryl methyl sites for hydroxylation is 1. The van der Waals surface area contributed by atoms with Crippen LogP contribution in [0, 0.1) is 6.92 Å². The molecule has 3 aromatic carbocycles. The van der Waals surface area contributed by atoms with E-state index in [0.29, 0.717) is 22.8 Å². The van der Waals surface area contributed by atoms with E-state index >= 15 is 0 Å². The molecule has 7 heteroatoms. The fourth-order valence-electron chi connectivity index (χ4n) is 2.93. The van der Waals surface area contributed by atoms with Crippen molar-refractivity contribution < 1.29 is 22.2 Å². The van der Waals surface area contributed by atoms with Gasteiger partial charge in [-0.05, 0) is 55.0 Å². The second kappa shape index (κ2) is 8.04. The van der Waals surface area contributed by atoms with E-state index in [0.717, 1.165) is 16.9 Å². The Morgan fingerprint density at radius 1 is 0.933 bits per heavy atom. The average molecular weight is 421 g/mol. The van der Waals surface area contributed by atoms with Gasteiger partial charge in [0.15, 0.2) is 11.5 Å². The lowest BCUT2D eigenvalue weighted by atomic mass is 10.1. The number of para-hydroxylation sites is 1. The highest BCUT2D eigenvalue weighted by atomic mass is 32.2. The molecule has 1 aliphatic heterocycles. The largest absolute Gasteiger partial charge is 0.497 e. The molecule has 0 saturated carbocycles. The van der Waals surface area contributed by atoms with E-state index in [2.05, 4.69) is 5.16 Å². The molecular formula is C23H19NO5S. The van der Waals surface area contributed by atoms with Crippen LogP contribution in [0.5, 0.6) is 11.5 Å². The minimum atomic E-state index is -4.06. The van der Waals surface area contributed by atoms with Crippen molar-refractivity contribution in [2.24, 2.45) is 5.16 Å². The molecule has 30 heavy (non-hydrogen) atoms. The quantitative estimate of drug-likeness (QED) is 0.565. The molecule has 0 amide bonds. The first-order chi connectivity index (χ1) is 14.5. The Morgan fingerprint density at radius 3 is 2.33 bits per heavy atom. The number of rotatable bonds is 5. The van der Waals surface area contributed by atoms with Gasteiger partial charge in [0.25, 0.3) is 0 Å². The topological polar surface area (TPSA) is 74.2 Å². The molecule has 0 radical (unpaired) electrons. The van der Waals surface area contributed by atoms with E-state index in [-0.39, 0.29) is 4.90 Å². The SMILES string of the molecule is COc1ccc(/C=C2/Oc3ccccc3/C2=N\OS(=O)(=O)c2ccc(C)cc2)cc1.